The Hall–Kier alpha value is -2.22. The van der Waals surface area contributed by atoms with Crippen molar-refractivity contribution in [2.75, 3.05) is 25.6 Å². The van der Waals surface area contributed by atoms with Crippen molar-refractivity contribution in [3.05, 3.63) is 59.7 Å². The molecule has 25 heavy (non-hydrogen) atoms. The van der Waals surface area contributed by atoms with Crippen molar-refractivity contribution in [3.8, 4) is 0 Å². The lowest BCUT2D eigenvalue weighted by Crippen LogP contribution is -2.25. The molecule has 0 heterocycles. The van der Waals surface area contributed by atoms with E-state index in [1.165, 1.54) is 24.3 Å². The first-order valence-electron chi connectivity index (χ1n) is 7.89. The van der Waals surface area contributed by atoms with Crippen molar-refractivity contribution < 1.29 is 17.9 Å². The minimum absolute atomic E-state index is 0.122. The van der Waals surface area contributed by atoms with Gasteiger partial charge in [0, 0.05) is 31.5 Å². The van der Waals surface area contributed by atoms with Crippen molar-refractivity contribution in [2.45, 2.75) is 18.2 Å². The standard InChI is InChI=1S/C18H22N2O4S/c1-14-5-3-6-16(13-14)20-18(21)15-7-9-17(10-8-15)25(22,23)19-11-4-12-24-2/h3,5-10,13,19H,4,11-12H2,1-2H3,(H,20,21). The van der Waals surface area contributed by atoms with Crippen LogP contribution in [0.25, 0.3) is 0 Å². The second kappa shape index (κ2) is 8.75. The van der Waals surface area contributed by atoms with Gasteiger partial charge < -0.3 is 10.1 Å². The Kier molecular flexibility index (Phi) is 6.69. The van der Waals surface area contributed by atoms with Crippen molar-refractivity contribution in [2.24, 2.45) is 0 Å². The van der Waals surface area contributed by atoms with Gasteiger partial charge in [0.25, 0.3) is 5.91 Å². The van der Waals surface area contributed by atoms with Crippen LogP contribution in [0.5, 0.6) is 0 Å². The van der Waals surface area contributed by atoms with Gasteiger partial charge in [-0.1, -0.05) is 12.1 Å². The number of aryl methyl sites for hydroxylation is 1. The van der Waals surface area contributed by atoms with Crippen LogP contribution in [0.15, 0.2) is 53.4 Å². The minimum Gasteiger partial charge on any atom is -0.385 e. The van der Waals surface area contributed by atoms with Gasteiger partial charge in [0.05, 0.1) is 4.90 Å². The predicted octanol–water partition coefficient (Wildman–Crippen LogP) is 2.56. The monoisotopic (exact) mass is 362 g/mol. The molecule has 0 unspecified atom stereocenters. The summed E-state index contributed by atoms with van der Waals surface area (Å²) in [6, 6.07) is 13.3. The first-order valence-corrected chi connectivity index (χ1v) is 9.37. The lowest BCUT2D eigenvalue weighted by Gasteiger charge is -2.08. The van der Waals surface area contributed by atoms with Gasteiger partial charge in [-0.3, -0.25) is 4.79 Å². The van der Waals surface area contributed by atoms with Crippen molar-refractivity contribution in [1.29, 1.82) is 0 Å². The fraction of sp³-hybridized carbons (Fsp3) is 0.278. The number of hydrogen-bond donors (Lipinski definition) is 2. The Morgan fingerprint density at radius 3 is 2.48 bits per heavy atom. The average Bonchev–Trinajstić information content (AvgIpc) is 2.59. The second-order valence-corrected chi connectivity index (χ2v) is 7.36. The summed E-state index contributed by atoms with van der Waals surface area (Å²) in [6.07, 6.45) is 0.590. The average molecular weight is 362 g/mol. The molecule has 1 amide bonds. The molecule has 0 bridgehead atoms. The third kappa shape index (κ3) is 5.67. The third-order valence-electron chi connectivity index (χ3n) is 3.52. The van der Waals surface area contributed by atoms with Gasteiger partial charge in [0.15, 0.2) is 0 Å². The summed E-state index contributed by atoms with van der Waals surface area (Å²) in [5.74, 6) is -0.289. The highest BCUT2D eigenvalue weighted by Crippen LogP contribution is 2.14. The molecule has 134 valence electrons. The molecule has 0 saturated carbocycles. The number of benzene rings is 2. The number of rotatable bonds is 8. The van der Waals surface area contributed by atoms with E-state index in [-0.39, 0.29) is 10.8 Å². The molecule has 0 saturated heterocycles. The lowest BCUT2D eigenvalue weighted by atomic mass is 10.2. The van der Waals surface area contributed by atoms with E-state index in [1.807, 2.05) is 25.1 Å². The molecule has 0 atom stereocenters. The highest BCUT2D eigenvalue weighted by Gasteiger charge is 2.14. The van der Waals surface area contributed by atoms with Crippen LogP contribution in [0.1, 0.15) is 22.3 Å². The molecule has 0 fully saturated rings. The van der Waals surface area contributed by atoms with Crippen LogP contribution in [0, 0.1) is 6.92 Å². The number of hydrogen-bond acceptors (Lipinski definition) is 4. The zero-order valence-electron chi connectivity index (χ0n) is 14.3. The fourth-order valence-electron chi connectivity index (χ4n) is 2.22. The minimum atomic E-state index is -3.58. The number of nitrogens with one attached hydrogen (secondary N) is 2. The second-order valence-electron chi connectivity index (χ2n) is 5.59. The Morgan fingerprint density at radius 1 is 1.12 bits per heavy atom. The van der Waals surface area contributed by atoms with Gasteiger partial charge in [-0.05, 0) is 55.3 Å². The largest absolute Gasteiger partial charge is 0.385 e. The van der Waals surface area contributed by atoms with E-state index in [1.54, 1.807) is 13.2 Å². The van der Waals surface area contributed by atoms with Gasteiger partial charge in [0.1, 0.15) is 0 Å². The van der Waals surface area contributed by atoms with Gasteiger partial charge in [-0.2, -0.15) is 0 Å². The number of methoxy groups -OCH3 is 1. The molecule has 0 aliphatic rings. The number of amides is 1. The van der Waals surface area contributed by atoms with E-state index in [0.29, 0.717) is 30.8 Å². The van der Waals surface area contributed by atoms with E-state index < -0.39 is 10.0 Å². The Labute approximate surface area is 148 Å². The first kappa shape index (κ1) is 19.1. The first-order chi connectivity index (χ1) is 11.9. The SMILES string of the molecule is COCCCNS(=O)(=O)c1ccc(C(=O)Nc2cccc(C)c2)cc1. The molecule has 2 aromatic carbocycles. The van der Waals surface area contributed by atoms with Crippen LogP contribution in [0.2, 0.25) is 0 Å². The molecule has 2 rings (SSSR count). The molecular weight excluding hydrogens is 340 g/mol. The van der Waals surface area contributed by atoms with Gasteiger partial charge in [-0.15, -0.1) is 0 Å². The number of ether oxygens (including phenoxy) is 1. The third-order valence-corrected chi connectivity index (χ3v) is 5.00. The maximum Gasteiger partial charge on any atom is 0.255 e. The summed E-state index contributed by atoms with van der Waals surface area (Å²) in [6.45, 7) is 2.72. The van der Waals surface area contributed by atoms with Crippen molar-refractivity contribution in [1.82, 2.24) is 4.72 Å². The van der Waals surface area contributed by atoms with Crippen LogP contribution < -0.4 is 10.0 Å². The quantitative estimate of drug-likeness (QED) is 0.707. The van der Waals surface area contributed by atoms with Gasteiger partial charge in [0.2, 0.25) is 10.0 Å². The number of carbonyl (C=O) groups excluding carboxylic acids is 1. The summed E-state index contributed by atoms with van der Waals surface area (Å²) in [7, 11) is -2.02. The molecule has 7 heteroatoms. The summed E-state index contributed by atoms with van der Waals surface area (Å²) in [4.78, 5) is 12.4. The summed E-state index contributed by atoms with van der Waals surface area (Å²) in [5.41, 5.74) is 2.13. The Balaban J connectivity index is 2.02. The molecule has 6 nitrogen and oxygen atoms in total. The van der Waals surface area contributed by atoms with Crippen LogP contribution >= 0.6 is 0 Å². The summed E-state index contributed by atoms with van der Waals surface area (Å²) >= 11 is 0. The van der Waals surface area contributed by atoms with E-state index in [0.717, 1.165) is 5.56 Å². The number of carbonyl (C=O) groups is 1. The number of anilines is 1. The van der Waals surface area contributed by atoms with E-state index in [2.05, 4.69) is 10.0 Å². The smallest absolute Gasteiger partial charge is 0.255 e. The molecule has 2 N–H and O–H groups in total. The van der Waals surface area contributed by atoms with Gasteiger partial charge in [-0.25, -0.2) is 13.1 Å². The Morgan fingerprint density at radius 2 is 1.84 bits per heavy atom. The fourth-order valence-corrected chi connectivity index (χ4v) is 3.29. The molecule has 2 aromatic rings. The number of sulfonamides is 1. The molecule has 0 aromatic heterocycles. The van der Waals surface area contributed by atoms with Gasteiger partial charge >= 0.3 is 0 Å². The molecule has 0 spiro atoms. The molecular formula is C18H22N2O4S. The molecule has 0 radical (unpaired) electrons. The Bertz CT molecular complexity index is 817. The normalized spacial score (nSPS) is 11.3. The van der Waals surface area contributed by atoms with Crippen molar-refractivity contribution >= 4 is 21.6 Å². The van der Waals surface area contributed by atoms with E-state index in [9.17, 15) is 13.2 Å². The maximum atomic E-state index is 12.2. The predicted molar refractivity (Wildman–Crippen MR) is 97.3 cm³/mol. The van der Waals surface area contributed by atoms with Crippen LogP contribution in [-0.4, -0.2) is 34.6 Å². The molecule has 0 aliphatic heterocycles. The molecule has 0 aliphatic carbocycles. The zero-order valence-corrected chi connectivity index (χ0v) is 15.1. The van der Waals surface area contributed by atoms with Crippen molar-refractivity contribution in [3.63, 3.8) is 0 Å². The van der Waals surface area contributed by atoms with Crippen LogP contribution in [0.3, 0.4) is 0 Å². The van der Waals surface area contributed by atoms with E-state index >= 15 is 0 Å². The highest BCUT2D eigenvalue weighted by atomic mass is 32.2. The maximum absolute atomic E-state index is 12.2. The van der Waals surface area contributed by atoms with Crippen LogP contribution in [-0.2, 0) is 14.8 Å². The summed E-state index contributed by atoms with van der Waals surface area (Å²) in [5, 5.41) is 2.79. The van der Waals surface area contributed by atoms with Crippen LogP contribution in [0.4, 0.5) is 5.69 Å². The lowest BCUT2D eigenvalue weighted by molar-refractivity contribution is 0.102. The summed E-state index contributed by atoms with van der Waals surface area (Å²) < 4.78 is 31.7. The highest BCUT2D eigenvalue weighted by molar-refractivity contribution is 7.89. The zero-order chi connectivity index (χ0) is 18.3. The van der Waals surface area contributed by atoms with E-state index in [4.69, 9.17) is 4.74 Å². The topological polar surface area (TPSA) is 84.5 Å².